The molecule has 6 heteroatoms. The average Bonchev–Trinajstić information content (AvgIpc) is 3.03. The summed E-state index contributed by atoms with van der Waals surface area (Å²) in [4.78, 5) is 0. The van der Waals surface area contributed by atoms with Gasteiger partial charge in [-0.15, -0.1) is 0 Å². The predicted molar refractivity (Wildman–Crippen MR) is 211 cm³/mol. The second-order valence-corrected chi connectivity index (χ2v) is 17.4. The minimum absolute atomic E-state index is 0. The van der Waals surface area contributed by atoms with Crippen LogP contribution in [-0.4, -0.2) is 51.5 Å². The van der Waals surface area contributed by atoms with E-state index in [1.165, 1.54) is 154 Å². The first-order chi connectivity index (χ1) is 22.8. The molecule has 0 aliphatic carbocycles. The van der Waals surface area contributed by atoms with Crippen molar-refractivity contribution in [3.8, 4) is 0 Å². The van der Waals surface area contributed by atoms with E-state index < -0.39 is 7.60 Å². The Hall–Kier alpha value is 0.320. The molecule has 0 atom stereocenters. The highest BCUT2D eigenvalue weighted by Crippen LogP contribution is 2.49. The van der Waals surface area contributed by atoms with E-state index in [1.54, 1.807) is 0 Å². The number of quaternary nitrogens is 1. The van der Waals surface area contributed by atoms with Crippen LogP contribution in [0, 0.1) is 0 Å². The van der Waals surface area contributed by atoms with Crippen molar-refractivity contribution < 1.29 is 42.1 Å². The first-order valence-electron chi connectivity index (χ1n) is 20.8. The molecular weight excluding hydrogens is 724 g/mol. The van der Waals surface area contributed by atoms with E-state index >= 15 is 0 Å². The molecule has 0 aliphatic heterocycles. The van der Waals surface area contributed by atoms with Crippen LogP contribution in [0.25, 0.3) is 0 Å². The molecule has 48 heavy (non-hydrogen) atoms. The monoisotopic (exact) mass is 810 g/mol. The molecule has 0 saturated heterocycles. The maximum Gasteiger partial charge on any atom is 0.330 e. The Morgan fingerprint density at radius 2 is 0.729 bits per heavy atom. The summed E-state index contributed by atoms with van der Waals surface area (Å²) < 4.78 is 26.4. The van der Waals surface area contributed by atoms with Crippen LogP contribution in [0.5, 0.6) is 0 Å². The average molecular weight is 810 g/mol. The maximum absolute atomic E-state index is 13.6. The summed E-state index contributed by atoms with van der Waals surface area (Å²) >= 11 is 0. The third-order valence-electron chi connectivity index (χ3n) is 9.15. The zero-order chi connectivity index (χ0) is 34.6. The van der Waals surface area contributed by atoms with Crippen molar-refractivity contribution in [2.24, 2.45) is 0 Å². The molecule has 0 saturated carbocycles. The van der Waals surface area contributed by atoms with E-state index in [1.807, 2.05) is 0 Å². The number of allylic oxidation sites excluding steroid dienone is 4. The zero-order valence-corrected chi connectivity index (χ0v) is 36.2. The van der Waals surface area contributed by atoms with Gasteiger partial charge in [0.1, 0.15) is 0 Å². The molecule has 0 aromatic heterocycles. The molecule has 0 N–H and O–H groups in total. The fourth-order valence-electron chi connectivity index (χ4n) is 6.01. The van der Waals surface area contributed by atoms with Crippen molar-refractivity contribution in [2.75, 3.05) is 47.1 Å². The minimum atomic E-state index is -3.01. The molecule has 0 aliphatic rings. The van der Waals surface area contributed by atoms with Crippen LogP contribution in [-0.2, 0) is 13.6 Å². The van der Waals surface area contributed by atoms with E-state index in [2.05, 4.69) is 59.3 Å². The summed E-state index contributed by atoms with van der Waals surface area (Å²) in [6.07, 6.45) is 47.1. The highest BCUT2D eigenvalue weighted by molar-refractivity contribution is 7.53. The smallest absolute Gasteiger partial charge is 0.330 e. The summed E-state index contributed by atoms with van der Waals surface area (Å²) in [6.45, 7) is 6.68. The normalized spacial score (nSPS) is 12.4. The van der Waals surface area contributed by atoms with Crippen LogP contribution in [0.15, 0.2) is 24.3 Å². The third-order valence-corrected chi connectivity index (χ3v) is 11.2. The van der Waals surface area contributed by atoms with E-state index in [0.29, 0.717) is 19.4 Å². The molecule has 4 nitrogen and oxygen atoms in total. The minimum Gasteiger partial charge on any atom is -1.00 e. The second-order valence-electron chi connectivity index (χ2n) is 15.2. The molecule has 0 amide bonds. The molecule has 0 fully saturated rings. The number of nitrogens with zero attached hydrogens (tertiary/aromatic N) is 1. The zero-order valence-electron chi connectivity index (χ0n) is 33.1. The van der Waals surface area contributed by atoms with Gasteiger partial charge < -0.3 is 37.5 Å². The molecule has 0 spiro atoms. The van der Waals surface area contributed by atoms with Gasteiger partial charge in [0.2, 0.25) is 0 Å². The molecule has 0 aromatic carbocycles. The Kier molecular flexibility index (Phi) is 40.5. The molecular formula is C42H85INO3P. The Balaban J connectivity index is 0. The van der Waals surface area contributed by atoms with Crippen LogP contribution in [0.4, 0.5) is 0 Å². The number of rotatable bonds is 38. The molecule has 0 rings (SSSR count). The van der Waals surface area contributed by atoms with E-state index in [4.69, 9.17) is 9.05 Å². The Bertz CT molecular complexity index is 689. The predicted octanol–water partition coefficient (Wildman–Crippen LogP) is 11.4. The third kappa shape index (κ3) is 40.7. The van der Waals surface area contributed by atoms with Gasteiger partial charge in [-0.3, -0.25) is 4.57 Å². The summed E-state index contributed by atoms with van der Waals surface area (Å²) in [7, 11) is 3.55. The van der Waals surface area contributed by atoms with Gasteiger partial charge in [0.15, 0.2) is 0 Å². The largest absolute Gasteiger partial charge is 1.00 e. The van der Waals surface area contributed by atoms with Gasteiger partial charge in [-0.2, -0.15) is 0 Å². The lowest BCUT2D eigenvalue weighted by atomic mass is 10.1. The van der Waals surface area contributed by atoms with Gasteiger partial charge in [-0.1, -0.05) is 154 Å². The first kappa shape index (κ1) is 50.4. The Labute approximate surface area is 319 Å². The lowest BCUT2D eigenvalue weighted by Gasteiger charge is -2.25. The molecule has 0 bridgehead atoms. The fraction of sp³-hybridized carbons (Fsp3) is 0.905. The van der Waals surface area contributed by atoms with Gasteiger partial charge in [0.05, 0.1) is 47.1 Å². The van der Waals surface area contributed by atoms with Crippen molar-refractivity contribution in [1.29, 1.82) is 0 Å². The lowest BCUT2D eigenvalue weighted by Crippen LogP contribution is -3.00. The van der Waals surface area contributed by atoms with Gasteiger partial charge in [0.25, 0.3) is 0 Å². The molecule has 0 aromatic rings. The summed E-state index contributed by atoms with van der Waals surface area (Å²) in [6, 6.07) is 0. The number of hydrogen-bond acceptors (Lipinski definition) is 3. The van der Waals surface area contributed by atoms with Crippen molar-refractivity contribution in [3.63, 3.8) is 0 Å². The summed E-state index contributed by atoms with van der Waals surface area (Å²) in [5.41, 5.74) is 0. The fourth-order valence-corrected chi connectivity index (χ4v) is 7.69. The maximum atomic E-state index is 13.6. The number of hydrogen-bond donors (Lipinski definition) is 0. The highest BCUT2D eigenvalue weighted by atomic mass is 127. The Morgan fingerprint density at radius 3 is 1.04 bits per heavy atom. The van der Waals surface area contributed by atoms with Crippen molar-refractivity contribution >= 4 is 7.60 Å². The van der Waals surface area contributed by atoms with Crippen molar-refractivity contribution in [2.45, 2.75) is 200 Å². The van der Waals surface area contributed by atoms with Crippen LogP contribution in [0.2, 0.25) is 0 Å². The van der Waals surface area contributed by atoms with Crippen LogP contribution < -0.4 is 24.0 Å². The molecule has 0 unspecified atom stereocenters. The topological polar surface area (TPSA) is 35.5 Å². The SMILES string of the molecule is CCCCCCCC/C=C\CCCCCCCCOP(=O)(CCC[N+](C)(C)C)OCCCCCCCC/C=C\CCCCCCCC.[I-]. The number of halogens is 1. The van der Waals surface area contributed by atoms with Gasteiger partial charge in [0, 0.05) is 6.42 Å². The molecule has 0 radical (unpaired) electrons. The van der Waals surface area contributed by atoms with E-state index in [0.717, 1.165) is 43.1 Å². The Morgan fingerprint density at radius 1 is 0.438 bits per heavy atom. The van der Waals surface area contributed by atoms with Gasteiger partial charge in [-0.25, -0.2) is 0 Å². The summed E-state index contributed by atoms with van der Waals surface area (Å²) in [5, 5.41) is 0. The lowest BCUT2D eigenvalue weighted by molar-refractivity contribution is -0.870. The second kappa shape index (κ2) is 38.5. The van der Waals surface area contributed by atoms with Crippen molar-refractivity contribution in [1.82, 2.24) is 0 Å². The molecule has 0 heterocycles. The summed E-state index contributed by atoms with van der Waals surface area (Å²) in [5.74, 6) is 0. The van der Waals surface area contributed by atoms with Crippen LogP contribution >= 0.6 is 7.60 Å². The van der Waals surface area contributed by atoms with Crippen molar-refractivity contribution in [3.05, 3.63) is 24.3 Å². The number of unbranched alkanes of at least 4 members (excludes halogenated alkanes) is 24. The van der Waals surface area contributed by atoms with Gasteiger partial charge >= 0.3 is 7.60 Å². The first-order valence-corrected chi connectivity index (χ1v) is 22.5. The van der Waals surface area contributed by atoms with Crippen LogP contribution in [0.3, 0.4) is 0 Å². The van der Waals surface area contributed by atoms with Gasteiger partial charge in [-0.05, 0) is 64.2 Å². The quantitative estimate of drug-likeness (QED) is 0.0205. The molecule has 288 valence electrons. The standard InChI is InChI=1S/C42H85NO3P.HI/c1-6-8-10-12-14-16-18-20-22-24-26-28-30-32-34-36-40-45-47(44,42-38-39-43(3,4)5)46-41-37-35-33-31-29-27-25-23-21-19-17-15-13-11-9-7-2;/h20-23H,6-19,24-42H2,1-5H3;1H/q+1;/p-1/b22-20-,23-21-;. The van der Waals surface area contributed by atoms with E-state index in [-0.39, 0.29) is 24.0 Å². The van der Waals surface area contributed by atoms with E-state index in [9.17, 15) is 4.57 Å². The highest BCUT2D eigenvalue weighted by Gasteiger charge is 2.25. The van der Waals surface area contributed by atoms with Crippen LogP contribution in [0.1, 0.15) is 200 Å².